The summed E-state index contributed by atoms with van der Waals surface area (Å²) in [7, 11) is 0. The number of rotatable bonds is 5. The molecule has 1 saturated heterocycles. The number of anilines is 1. The first kappa shape index (κ1) is 15.8. The Labute approximate surface area is 125 Å². The van der Waals surface area contributed by atoms with Gasteiger partial charge in [-0.3, -0.25) is 4.79 Å². The molecule has 0 aliphatic carbocycles. The van der Waals surface area contributed by atoms with Crippen LogP contribution in [0, 0.1) is 6.92 Å². The van der Waals surface area contributed by atoms with Crippen molar-refractivity contribution in [1.82, 2.24) is 0 Å². The molecule has 1 fully saturated rings. The maximum absolute atomic E-state index is 12.2. The van der Waals surface area contributed by atoms with E-state index in [0.29, 0.717) is 6.54 Å². The molecule has 1 aromatic rings. The molecular formula is C16H24N2O3. The Balaban J connectivity index is 1.98. The van der Waals surface area contributed by atoms with Crippen LogP contribution in [0.3, 0.4) is 0 Å². The van der Waals surface area contributed by atoms with Crippen molar-refractivity contribution in [3.8, 4) is 5.75 Å². The van der Waals surface area contributed by atoms with Crippen molar-refractivity contribution in [1.29, 1.82) is 0 Å². The molecule has 2 unspecified atom stereocenters. The second-order valence-corrected chi connectivity index (χ2v) is 5.69. The number of amides is 1. The lowest BCUT2D eigenvalue weighted by molar-refractivity contribution is -0.126. The summed E-state index contributed by atoms with van der Waals surface area (Å²) in [6.45, 7) is 6.37. The van der Waals surface area contributed by atoms with Gasteiger partial charge in [-0.2, -0.15) is 0 Å². The molecule has 0 saturated carbocycles. The second-order valence-electron chi connectivity index (χ2n) is 5.69. The Hall–Kier alpha value is -1.59. The highest BCUT2D eigenvalue weighted by Crippen LogP contribution is 2.24. The van der Waals surface area contributed by atoms with E-state index >= 15 is 0 Å². The SMILES string of the molecule is Cc1cc(OC(C)C)ccc1NC(=O)C1CCC(CN)O1. The molecule has 5 nitrogen and oxygen atoms in total. The van der Waals surface area contributed by atoms with Crippen LogP contribution in [-0.4, -0.2) is 30.8 Å². The predicted octanol–water partition coefficient (Wildman–Crippen LogP) is 2.23. The second kappa shape index (κ2) is 6.91. The molecule has 0 spiro atoms. The fraction of sp³-hybridized carbons (Fsp3) is 0.562. The van der Waals surface area contributed by atoms with E-state index in [9.17, 15) is 4.79 Å². The van der Waals surface area contributed by atoms with Crippen molar-refractivity contribution in [2.75, 3.05) is 11.9 Å². The minimum atomic E-state index is -0.399. The molecule has 21 heavy (non-hydrogen) atoms. The van der Waals surface area contributed by atoms with Gasteiger partial charge in [-0.1, -0.05) is 0 Å². The highest BCUT2D eigenvalue weighted by molar-refractivity contribution is 5.95. The minimum Gasteiger partial charge on any atom is -0.491 e. The van der Waals surface area contributed by atoms with Crippen LogP contribution in [0.15, 0.2) is 18.2 Å². The first-order valence-electron chi connectivity index (χ1n) is 7.43. The van der Waals surface area contributed by atoms with Crippen molar-refractivity contribution < 1.29 is 14.3 Å². The Morgan fingerprint density at radius 1 is 1.48 bits per heavy atom. The molecule has 0 aromatic heterocycles. The van der Waals surface area contributed by atoms with Crippen LogP contribution in [-0.2, 0) is 9.53 Å². The van der Waals surface area contributed by atoms with Crippen molar-refractivity contribution >= 4 is 11.6 Å². The topological polar surface area (TPSA) is 73.6 Å². The third kappa shape index (κ3) is 4.19. The summed E-state index contributed by atoms with van der Waals surface area (Å²) in [6, 6.07) is 5.65. The first-order valence-corrected chi connectivity index (χ1v) is 7.43. The maximum Gasteiger partial charge on any atom is 0.253 e. The summed E-state index contributed by atoms with van der Waals surface area (Å²) >= 11 is 0. The van der Waals surface area contributed by atoms with Gasteiger partial charge in [0.1, 0.15) is 11.9 Å². The Morgan fingerprint density at radius 3 is 2.81 bits per heavy atom. The van der Waals surface area contributed by atoms with E-state index in [1.54, 1.807) is 0 Å². The fourth-order valence-corrected chi connectivity index (χ4v) is 2.41. The largest absolute Gasteiger partial charge is 0.491 e. The van der Waals surface area contributed by atoms with Gasteiger partial charge in [-0.25, -0.2) is 0 Å². The number of benzene rings is 1. The Morgan fingerprint density at radius 2 is 2.24 bits per heavy atom. The molecule has 1 aromatic carbocycles. The van der Waals surface area contributed by atoms with Crippen molar-refractivity contribution in [3.63, 3.8) is 0 Å². The van der Waals surface area contributed by atoms with Crippen LogP contribution < -0.4 is 15.8 Å². The van der Waals surface area contributed by atoms with Crippen molar-refractivity contribution in [3.05, 3.63) is 23.8 Å². The zero-order chi connectivity index (χ0) is 15.4. The van der Waals surface area contributed by atoms with Crippen LogP contribution >= 0.6 is 0 Å². The summed E-state index contributed by atoms with van der Waals surface area (Å²) in [5, 5.41) is 2.92. The molecular weight excluding hydrogens is 268 g/mol. The van der Waals surface area contributed by atoms with E-state index in [1.165, 1.54) is 0 Å². The summed E-state index contributed by atoms with van der Waals surface area (Å²) in [6.07, 6.45) is 1.30. The third-order valence-corrected chi connectivity index (χ3v) is 3.49. The number of ether oxygens (including phenoxy) is 2. The number of carbonyl (C=O) groups is 1. The van der Waals surface area contributed by atoms with Crippen LogP contribution in [0.25, 0.3) is 0 Å². The Kier molecular flexibility index (Phi) is 5.20. The van der Waals surface area contributed by atoms with Gasteiger partial charge in [-0.05, 0) is 57.4 Å². The maximum atomic E-state index is 12.2. The fourth-order valence-electron chi connectivity index (χ4n) is 2.41. The summed E-state index contributed by atoms with van der Waals surface area (Å²) in [5.74, 6) is 0.701. The van der Waals surface area contributed by atoms with E-state index in [-0.39, 0.29) is 18.1 Å². The molecule has 1 aliphatic rings. The van der Waals surface area contributed by atoms with E-state index in [0.717, 1.165) is 29.8 Å². The lowest BCUT2D eigenvalue weighted by Gasteiger charge is -2.15. The van der Waals surface area contributed by atoms with Gasteiger partial charge < -0.3 is 20.5 Å². The number of nitrogens with two attached hydrogens (primary N) is 1. The van der Waals surface area contributed by atoms with Gasteiger partial charge in [0.25, 0.3) is 5.91 Å². The quantitative estimate of drug-likeness (QED) is 0.873. The number of hydrogen-bond acceptors (Lipinski definition) is 4. The number of carbonyl (C=O) groups excluding carboxylic acids is 1. The third-order valence-electron chi connectivity index (χ3n) is 3.49. The van der Waals surface area contributed by atoms with Gasteiger partial charge in [0.15, 0.2) is 0 Å². The van der Waals surface area contributed by atoms with Crippen molar-refractivity contribution in [2.45, 2.75) is 51.9 Å². The molecule has 0 radical (unpaired) electrons. The summed E-state index contributed by atoms with van der Waals surface area (Å²) in [5.41, 5.74) is 7.31. The number of hydrogen-bond donors (Lipinski definition) is 2. The summed E-state index contributed by atoms with van der Waals surface area (Å²) < 4.78 is 11.2. The van der Waals surface area contributed by atoms with Crippen LogP contribution in [0.1, 0.15) is 32.3 Å². The number of aryl methyl sites for hydroxylation is 1. The molecule has 3 N–H and O–H groups in total. The van der Waals surface area contributed by atoms with Gasteiger partial charge in [0.05, 0.1) is 12.2 Å². The van der Waals surface area contributed by atoms with Gasteiger partial charge in [0, 0.05) is 12.2 Å². The summed E-state index contributed by atoms with van der Waals surface area (Å²) in [4.78, 5) is 12.2. The molecule has 1 heterocycles. The van der Waals surface area contributed by atoms with Gasteiger partial charge in [0.2, 0.25) is 0 Å². The average Bonchev–Trinajstić information content (AvgIpc) is 2.90. The van der Waals surface area contributed by atoms with E-state index in [4.69, 9.17) is 15.2 Å². The highest BCUT2D eigenvalue weighted by Gasteiger charge is 2.30. The predicted molar refractivity (Wildman–Crippen MR) is 82.5 cm³/mol. The minimum absolute atomic E-state index is 0.00339. The average molecular weight is 292 g/mol. The smallest absolute Gasteiger partial charge is 0.253 e. The zero-order valence-corrected chi connectivity index (χ0v) is 12.9. The lowest BCUT2D eigenvalue weighted by Crippen LogP contribution is -2.30. The standard InChI is InChI=1S/C16H24N2O3/c1-10(2)20-12-4-6-14(11(3)8-12)18-16(19)15-7-5-13(9-17)21-15/h4,6,8,10,13,15H,5,7,9,17H2,1-3H3,(H,18,19). The molecule has 2 atom stereocenters. The molecule has 0 bridgehead atoms. The van der Waals surface area contributed by atoms with E-state index < -0.39 is 6.10 Å². The first-order chi connectivity index (χ1) is 9.99. The van der Waals surface area contributed by atoms with Crippen LogP contribution in [0.5, 0.6) is 5.75 Å². The Bertz CT molecular complexity index is 502. The molecule has 5 heteroatoms. The van der Waals surface area contributed by atoms with E-state index in [1.807, 2.05) is 39.0 Å². The van der Waals surface area contributed by atoms with E-state index in [2.05, 4.69) is 5.32 Å². The van der Waals surface area contributed by atoms with Gasteiger partial charge >= 0.3 is 0 Å². The lowest BCUT2D eigenvalue weighted by atomic mass is 10.1. The van der Waals surface area contributed by atoms with Crippen molar-refractivity contribution in [2.24, 2.45) is 5.73 Å². The van der Waals surface area contributed by atoms with Crippen LogP contribution in [0.4, 0.5) is 5.69 Å². The molecule has 1 amide bonds. The van der Waals surface area contributed by atoms with Crippen LogP contribution in [0.2, 0.25) is 0 Å². The highest BCUT2D eigenvalue weighted by atomic mass is 16.5. The monoisotopic (exact) mass is 292 g/mol. The molecule has 2 rings (SSSR count). The molecule has 1 aliphatic heterocycles. The number of nitrogens with one attached hydrogen (secondary N) is 1. The zero-order valence-electron chi connectivity index (χ0n) is 12.9. The van der Waals surface area contributed by atoms with Gasteiger partial charge in [-0.15, -0.1) is 0 Å². The normalized spacial score (nSPS) is 21.6. The molecule has 116 valence electrons.